The van der Waals surface area contributed by atoms with Gasteiger partial charge in [0, 0.05) is 25.3 Å². The Balaban J connectivity index is 2.65. The third kappa shape index (κ3) is 6.69. The van der Waals surface area contributed by atoms with Crippen LogP contribution in [0.2, 0.25) is 0 Å². The summed E-state index contributed by atoms with van der Waals surface area (Å²) in [5.74, 6) is -1.44. The van der Waals surface area contributed by atoms with Crippen LogP contribution in [0, 0.1) is 5.92 Å². The predicted molar refractivity (Wildman–Crippen MR) is 78.3 cm³/mol. The van der Waals surface area contributed by atoms with E-state index in [-0.39, 0.29) is 49.4 Å². The molecule has 0 radical (unpaired) electrons. The quantitative estimate of drug-likeness (QED) is 0.353. The van der Waals surface area contributed by atoms with Crippen molar-refractivity contribution in [2.24, 2.45) is 11.7 Å². The molecule has 0 aromatic heterocycles. The minimum absolute atomic E-state index is 0.0296. The molecule has 0 aromatic carbocycles. The van der Waals surface area contributed by atoms with Crippen LogP contribution in [0.3, 0.4) is 0 Å². The number of thiol groups is 1. The highest BCUT2D eigenvalue weighted by Gasteiger charge is 2.20. The molecule has 2 atom stereocenters. The summed E-state index contributed by atoms with van der Waals surface area (Å²) < 4.78 is 0. The maximum absolute atomic E-state index is 11.7. The summed E-state index contributed by atoms with van der Waals surface area (Å²) in [6.07, 6.45) is 0.308. The summed E-state index contributed by atoms with van der Waals surface area (Å²) in [4.78, 5) is 46.1. The number of nitrogens with two attached hydrogens (primary N) is 1. The minimum atomic E-state index is -0.915. The van der Waals surface area contributed by atoms with E-state index in [1.165, 1.54) is 0 Å². The molecule has 2 amide bonds. The molecule has 21 heavy (non-hydrogen) atoms. The zero-order valence-corrected chi connectivity index (χ0v) is 12.4. The van der Waals surface area contributed by atoms with Gasteiger partial charge < -0.3 is 21.7 Å². The average molecular weight is 316 g/mol. The second kappa shape index (κ2) is 8.75. The zero-order valence-electron chi connectivity index (χ0n) is 11.6. The Hall–Kier alpha value is -1.45. The fraction of sp³-hybridized carbons (Fsp3) is 0.667. The van der Waals surface area contributed by atoms with Crippen LogP contribution in [0.4, 0.5) is 0 Å². The molecule has 9 heteroatoms. The molecule has 2 unspecified atom stereocenters. The van der Waals surface area contributed by atoms with Gasteiger partial charge in [-0.05, 0) is 6.42 Å². The van der Waals surface area contributed by atoms with E-state index in [2.05, 4.69) is 28.6 Å². The highest BCUT2D eigenvalue weighted by atomic mass is 32.1. The molecule has 1 saturated heterocycles. The van der Waals surface area contributed by atoms with E-state index in [1.54, 1.807) is 0 Å². The van der Waals surface area contributed by atoms with Crippen molar-refractivity contribution in [1.82, 2.24) is 16.0 Å². The molecule has 1 aliphatic rings. The monoisotopic (exact) mass is 316 g/mol. The van der Waals surface area contributed by atoms with Crippen molar-refractivity contribution in [3.05, 3.63) is 0 Å². The van der Waals surface area contributed by atoms with Gasteiger partial charge in [0.05, 0.1) is 19.3 Å². The second-order valence-electron chi connectivity index (χ2n) is 4.86. The molecule has 0 aromatic rings. The standard InChI is InChI=1S/C12H20N4O4S/c13-8-3-11(19)16-6-15-10(18)2-1-7(12(20)21)4-14-5-9(8)17/h7-8,14H,1-6,13H2,(H,15,18)(H,16,19)(H,20,21). The molecule has 5 N–H and O–H groups in total. The lowest BCUT2D eigenvalue weighted by molar-refractivity contribution is -0.127. The Kier molecular flexibility index (Phi) is 7.34. The summed E-state index contributed by atoms with van der Waals surface area (Å²) in [5, 5.41) is 7.42. The van der Waals surface area contributed by atoms with E-state index in [0.29, 0.717) is 6.42 Å². The first-order valence-electron chi connectivity index (χ1n) is 6.65. The first-order valence-corrected chi connectivity index (χ1v) is 7.10. The van der Waals surface area contributed by atoms with Crippen molar-refractivity contribution in [2.45, 2.75) is 25.3 Å². The lowest BCUT2D eigenvalue weighted by Gasteiger charge is -2.17. The molecular formula is C12H20N4O4S. The average Bonchev–Trinajstić information content (AvgIpc) is 2.40. The number of hydrogen-bond donors (Lipinski definition) is 5. The molecule has 1 fully saturated rings. The van der Waals surface area contributed by atoms with Gasteiger partial charge in [-0.25, -0.2) is 0 Å². The number of amides is 2. The topological polar surface area (TPSA) is 130 Å². The maximum Gasteiger partial charge on any atom is 0.223 e. The van der Waals surface area contributed by atoms with Crippen LogP contribution >= 0.6 is 12.6 Å². The normalized spacial score (nSPS) is 26.5. The number of hydrogen-bond acceptors (Lipinski definition) is 6. The lowest BCUT2D eigenvalue weighted by Crippen LogP contribution is -2.45. The SMILES string of the molecule is NC1CC(=O)NCNC(=O)CCC(C(=O)S)CNCC1=O. The van der Waals surface area contributed by atoms with E-state index in [4.69, 9.17) is 5.73 Å². The fourth-order valence-corrected chi connectivity index (χ4v) is 2.05. The highest BCUT2D eigenvalue weighted by Crippen LogP contribution is 2.09. The zero-order chi connectivity index (χ0) is 15.8. The van der Waals surface area contributed by atoms with Crippen LogP contribution in [-0.4, -0.2) is 48.5 Å². The van der Waals surface area contributed by atoms with Crippen molar-refractivity contribution in [3.63, 3.8) is 0 Å². The first-order chi connectivity index (χ1) is 9.90. The molecule has 0 saturated carbocycles. The molecule has 0 spiro atoms. The largest absolute Gasteiger partial charge is 0.339 e. The van der Waals surface area contributed by atoms with Crippen LogP contribution in [0.25, 0.3) is 0 Å². The van der Waals surface area contributed by atoms with Crippen molar-refractivity contribution in [3.8, 4) is 0 Å². The predicted octanol–water partition coefficient (Wildman–Crippen LogP) is -2.08. The van der Waals surface area contributed by atoms with Crippen LogP contribution in [-0.2, 0) is 19.2 Å². The van der Waals surface area contributed by atoms with Gasteiger partial charge in [0.1, 0.15) is 0 Å². The molecule has 0 aliphatic carbocycles. The van der Waals surface area contributed by atoms with Gasteiger partial charge >= 0.3 is 0 Å². The first kappa shape index (κ1) is 17.6. The molecule has 0 bridgehead atoms. The van der Waals surface area contributed by atoms with Gasteiger partial charge in [0.25, 0.3) is 0 Å². The number of Topliss-reactive ketones (excluding diaryl/α,β-unsaturated/α-hetero) is 1. The van der Waals surface area contributed by atoms with Gasteiger partial charge in [0.2, 0.25) is 11.8 Å². The summed E-state index contributed by atoms with van der Waals surface area (Å²) >= 11 is 3.78. The van der Waals surface area contributed by atoms with E-state index >= 15 is 0 Å². The van der Waals surface area contributed by atoms with Gasteiger partial charge in [-0.3, -0.25) is 19.2 Å². The number of ketones is 1. The van der Waals surface area contributed by atoms with Crippen LogP contribution in [0.15, 0.2) is 0 Å². The minimum Gasteiger partial charge on any atom is -0.339 e. The Morgan fingerprint density at radius 3 is 2.52 bits per heavy atom. The van der Waals surface area contributed by atoms with E-state index < -0.39 is 17.9 Å². The molecule has 1 rings (SSSR count). The van der Waals surface area contributed by atoms with Gasteiger partial charge in [-0.2, -0.15) is 0 Å². The summed E-state index contributed by atoms with van der Waals surface area (Å²) in [6, 6.07) is -0.915. The Morgan fingerprint density at radius 1 is 1.19 bits per heavy atom. The number of nitrogens with one attached hydrogen (secondary N) is 3. The van der Waals surface area contributed by atoms with E-state index in [1.807, 2.05) is 0 Å². The van der Waals surface area contributed by atoms with Crippen LogP contribution < -0.4 is 21.7 Å². The summed E-state index contributed by atoms with van der Waals surface area (Å²) in [7, 11) is 0. The maximum atomic E-state index is 11.7. The molecule has 1 aliphatic heterocycles. The van der Waals surface area contributed by atoms with Gasteiger partial charge in [0.15, 0.2) is 10.9 Å². The van der Waals surface area contributed by atoms with Crippen molar-refractivity contribution >= 4 is 35.3 Å². The Morgan fingerprint density at radius 2 is 1.86 bits per heavy atom. The van der Waals surface area contributed by atoms with Crippen molar-refractivity contribution < 1.29 is 19.2 Å². The van der Waals surface area contributed by atoms with E-state index in [0.717, 1.165) is 0 Å². The molecule has 8 nitrogen and oxygen atoms in total. The number of carbonyl (C=O) groups is 4. The highest BCUT2D eigenvalue weighted by molar-refractivity contribution is 7.96. The van der Waals surface area contributed by atoms with Gasteiger partial charge in [-0.15, -0.1) is 12.6 Å². The summed E-state index contributed by atoms with van der Waals surface area (Å²) in [5.41, 5.74) is 5.62. The molecular weight excluding hydrogens is 296 g/mol. The number of rotatable bonds is 1. The lowest BCUT2D eigenvalue weighted by atomic mass is 10.0. The van der Waals surface area contributed by atoms with Crippen molar-refractivity contribution in [2.75, 3.05) is 19.8 Å². The second-order valence-corrected chi connectivity index (χ2v) is 5.30. The third-order valence-corrected chi connectivity index (χ3v) is 3.51. The summed E-state index contributed by atoms with van der Waals surface area (Å²) in [6.45, 7) is 0.175. The third-order valence-electron chi connectivity index (χ3n) is 3.15. The van der Waals surface area contributed by atoms with Crippen LogP contribution in [0.1, 0.15) is 19.3 Å². The Labute approximate surface area is 128 Å². The van der Waals surface area contributed by atoms with E-state index in [9.17, 15) is 19.2 Å². The van der Waals surface area contributed by atoms with Crippen LogP contribution in [0.5, 0.6) is 0 Å². The molecule has 1 heterocycles. The van der Waals surface area contributed by atoms with Crippen molar-refractivity contribution in [1.29, 1.82) is 0 Å². The molecule has 118 valence electrons. The Bertz CT molecular complexity index is 429. The smallest absolute Gasteiger partial charge is 0.223 e. The number of carbonyl (C=O) groups excluding carboxylic acids is 4. The fourth-order valence-electron chi connectivity index (χ4n) is 1.83. The van der Waals surface area contributed by atoms with Gasteiger partial charge in [-0.1, -0.05) is 0 Å².